The molecular formula is C12H25F4NO3S. The van der Waals surface area contributed by atoms with Gasteiger partial charge in [-0.2, -0.15) is 8.42 Å². The van der Waals surface area contributed by atoms with E-state index in [1.807, 2.05) is 0 Å². The van der Waals surface area contributed by atoms with E-state index in [9.17, 15) is 26.0 Å². The second-order valence-corrected chi connectivity index (χ2v) is 6.32. The van der Waals surface area contributed by atoms with Crippen LogP contribution in [0.1, 0.15) is 44.9 Å². The van der Waals surface area contributed by atoms with Gasteiger partial charge in [0.1, 0.15) is 11.9 Å². The van der Waals surface area contributed by atoms with Crippen LogP contribution >= 0.6 is 0 Å². The molecule has 130 valence electrons. The summed E-state index contributed by atoms with van der Waals surface area (Å²) in [7, 11) is -4.65. The Hall–Kier alpha value is -0.410. The molecule has 0 aliphatic carbocycles. The van der Waals surface area contributed by atoms with Gasteiger partial charge in [0.05, 0.1) is 6.67 Å². The van der Waals surface area contributed by atoms with Crippen LogP contribution in [0.3, 0.4) is 0 Å². The summed E-state index contributed by atoms with van der Waals surface area (Å²) in [5.74, 6) is -1.43. The second kappa shape index (κ2) is 12.2. The average molecular weight is 339 g/mol. The van der Waals surface area contributed by atoms with Crippen LogP contribution in [0.15, 0.2) is 0 Å². The molecular weight excluding hydrogens is 314 g/mol. The topological polar surface area (TPSA) is 89.4 Å². The lowest BCUT2D eigenvalue weighted by atomic mass is 10.0. The zero-order valence-electron chi connectivity index (χ0n) is 12.0. The van der Waals surface area contributed by atoms with Crippen molar-refractivity contribution in [2.75, 3.05) is 12.4 Å². The maximum absolute atomic E-state index is 13.3. The lowest BCUT2D eigenvalue weighted by Crippen LogP contribution is -2.33. The fourth-order valence-corrected chi connectivity index (χ4v) is 2.41. The molecule has 0 spiro atoms. The third-order valence-electron chi connectivity index (χ3n) is 2.92. The summed E-state index contributed by atoms with van der Waals surface area (Å²) in [5.41, 5.74) is 0. The minimum atomic E-state index is -4.65. The van der Waals surface area contributed by atoms with Crippen LogP contribution < -0.4 is 6.15 Å². The van der Waals surface area contributed by atoms with Gasteiger partial charge in [-0.05, 0) is 12.8 Å². The average Bonchev–Trinajstić information content (AvgIpc) is 2.34. The standard InChI is InChI=1S/C12H22F4O3S.H3N/c13-8-6-4-2-1-3-5-7-10(14)12(16)11(15)9-20(17,18)19;/h10-12H,1-9H2,(H,17,18,19);1H3. The Kier molecular flexibility index (Phi) is 13.2. The van der Waals surface area contributed by atoms with Crippen molar-refractivity contribution in [2.24, 2.45) is 0 Å². The minimum Gasteiger partial charge on any atom is -0.344 e. The van der Waals surface area contributed by atoms with Crippen LogP contribution in [0.5, 0.6) is 0 Å². The fourth-order valence-electron chi connectivity index (χ4n) is 1.82. The van der Waals surface area contributed by atoms with Crippen molar-refractivity contribution >= 4 is 10.1 Å². The van der Waals surface area contributed by atoms with Crippen LogP contribution in [0, 0.1) is 0 Å². The molecule has 21 heavy (non-hydrogen) atoms. The molecule has 0 aromatic heterocycles. The SMILES string of the molecule is N.O=S(=O)(O)CC(F)C(F)C(F)CCCCCCCCF. The smallest absolute Gasteiger partial charge is 0.267 e. The molecule has 3 unspecified atom stereocenters. The zero-order valence-corrected chi connectivity index (χ0v) is 12.8. The zero-order chi connectivity index (χ0) is 15.6. The molecule has 4 nitrogen and oxygen atoms in total. The highest BCUT2D eigenvalue weighted by Gasteiger charge is 2.32. The predicted molar refractivity (Wildman–Crippen MR) is 74.4 cm³/mol. The van der Waals surface area contributed by atoms with Crippen molar-refractivity contribution in [3.05, 3.63) is 0 Å². The van der Waals surface area contributed by atoms with Crippen LogP contribution in [0.4, 0.5) is 17.6 Å². The lowest BCUT2D eigenvalue weighted by Gasteiger charge is -2.16. The van der Waals surface area contributed by atoms with Crippen LogP contribution in [0.25, 0.3) is 0 Å². The number of unbranched alkanes of at least 4 members (excludes halogenated alkanes) is 5. The summed E-state index contributed by atoms with van der Waals surface area (Å²) in [6, 6.07) is 0. The largest absolute Gasteiger partial charge is 0.344 e. The summed E-state index contributed by atoms with van der Waals surface area (Å²) in [6.45, 7) is -0.359. The summed E-state index contributed by atoms with van der Waals surface area (Å²) >= 11 is 0. The van der Waals surface area contributed by atoms with E-state index in [0.29, 0.717) is 19.3 Å². The van der Waals surface area contributed by atoms with Gasteiger partial charge in [0.15, 0.2) is 12.3 Å². The molecule has 0 rings (SSSR count). The van der Waals surface area contributed by atoms with Gasteiger partial charge < -0.3 is 6.15 Å². The monoisotopic (exact) mass is 339 g/mol. The molecule has 0 aromatic carbocycles. The molecule has 0 saturated heterocycles. The van der Waals surface area contributed by atoms with Gasteiger partial charge in [-0.3, -0.25) is 8.94 Å². The number of hydrogen-bond donors (Lipinski definition) is 2. The van der Waals surface area contributed by atoms with Crippen LogP contribution in [-0.2, 0) is 10.1 Å². The molecule has 3 atom stereocenters. The van der Waals surface area contributed by atoms with Gasteiger partial charge in [0, 0.05) is 0 Å². The Morgan fingerprint density at radius 2 is 1.33 bits per heavy atom. The first-order valence-electron chi connectivity index (χ1n) is 6.71. The highest BCUT2D eigenvalue weighted by molar-refractivity contribution is 7.85. The van der Waals surface area contributed by atoms with E-state index in [4.69, 9.17) is 4.55 Å². The van der Waals surface area contributed by atoms with Crippen LogP contribution in [-0.4, -0.2) is 43.9 Å². The highest BCUT2D eigenvalue weighted by Crippen LogP contribution is 2.19. The number of hydrogen-bond acceptors (Lipinski definition) is 3. The lowest BCUT2D eigenvalue weighted by molar-refractivity contribution is 0.0853. The summed E-state index contributed by atoms with van der Waals surface area (Å²) < 4.78 is 80.4. The Labute approximate surface area is 123 Å². The number of rotatable bonds is 12. The van der Waals surface area contributed by atoms with Crippen molar-refractivity contribution in [1.82, 2.24) is 6.15 Å². The molecule has 0 heterocycles. The molecule has 9 heteroatoms. The van der Waals surface area contributed by atoms with E-state index < -0.39 is 34.4 Å². The van der Waals surface area contributed by atoms with Gasteiger partial charge in [0.25, 0.3) is 10.1 Å². The molecule has 0 amide bonds. The van der Waals surface area contributed by atoms with Crippen molar-refractivity contribution < 1.29 is 30.5 Å². The maximum atomic E-state index is 13.3. The summed E-state index contributed by atoms with van der Waals surface area (Å²) in [6.07, 6.45) is -3.58. The van der Waals surface area contributed by atoms with E-state index in [0.717, 1.165) is 19.3 Å². The van der Waals surface area contributed by atoms with E-state index in [2.05, 4.69) is 0 Å². The Morgan fingerprint density at radius 1 is 0.857 bits per heavy atom. The van der Waals surface area contributed by atoms with Crippen molar-refractivity contribution in [1.29, 1.82) is 0 Å². The van der Waals surface area contributed by atoms with Crippen LogP contribution in [0.2, 0.25) is 0 Å². The maximum Gasteiger partial charge on any atom is 0.267 e. The molecule has 0 saturated carbocycles. The molecule has 0 radical (unpaired) electrons. The summed E-state index contributed by atoms with van der Waals surface area (Å²) in [5, 5.41) is 0. The second-order valence-electron chi connectivity index (χ2n) is 4.82. The van der Waals surface area contributed by atoms with Gasteiger partial charge in [-0.15, -0.1) is 0 Å². The van der Waals surface area contributed by atoms with E-state index in [1.165, 1.54) is 0 Å². The third-order valence-corrected chi connectivity index (χ3v) is 3.66. The first-order chi connectivity index (χ1) is 9.28. The number of alkyl halides is 4. The number of halogens is 4. The van der Waals surface area contributed by atoms with Crippen molar-refractivity contribution in [2.45, 2.75) is 63.5 Å². The van der Waals surface area contributed by atoms with Crippen molar-refractivity contribution in [3.63, 3.8) is 0 Å². The Bertz CT molecular complexity index is 343. The Morgan fingerprint density at radius 3 is 1.81 bits per heavy atom. The quantitative estimate of drug-likeness (QED) is 0.322. The van der Waals surface area contributed by atoms with Gasteiger partial charge >= 0.3 is 0 Å². The molecule has 0 aliphatic heterocycles. The first-order valence-corrected chi connectivity index (χ1v) is 8.32. The van der Waals surface area contributed by atoms with E-state index in [1.54, 1.807) is 0 Å². The first kappa shape index (κ1) is 22.9. The molecule has 4 N–H and O–H groups in total. The van der Waals surface area contributed by atoms with Gasteiger partial charge in [-0.25, -0.2) is 13.2 Å². The molecule has 0 aromatic rings. The van der Waals surface area contributed by atoms with Gasteiger partial charge in [-0.1, -0.05) is 32.1 Å². The van der Waals surface area contributed by atoms with Crippen molar-refractivity contribution in [3.8, 4) is 0 Å². The highest BCUT2D eigenvalue weighted by atomic mass is 32.2. The minimum absolute atomic E-state index is 0. The Balaban J connectivity index is 0. The van der Waals surface area contributed by atoms with E-state index in [-0.39, 0.29) is 19.2 Å². The molecule has 0 bridgehead atoms. The fraction of sp³-hybridized carbons (Fsp3) is 1.00. The normalized spacial score (nSPS) is 16.0. The van der Waals surface area contributed by atoms with Gasteiger partial charge in [0.2, 0.25) is 0 Å². The summed E-state index contributed by atoms with van der Waals surface area (Å²) in [4.78, 5) is 0. The predicted octanol–water partition coefficient (Wildman–Crippen LogP) is 3.75. The molecule has 0 fully saturated rings. The molecule has 0 aliphatic rings. The third kappa shape index (κ3) is 13.0. The van der Waals surface area contributed by atoms with E-state index >= 15 is 0 Å².